The minimum Gasteiger partial charge on any atom is -0.480 e. The number of carboxylic acids is 1. The minimum absolute atomic E-state index is 0.0516. The van der Waals surface area contributed by atoms with Gasteiger partial charge in [0, 0.05) is 37.3 Å². The molecular formula is C26H32N4O4. The minimum atomic E-state index is -0.860. The standard InChI is InChI=1S/C26H32N4O4/c1-17-23-21(8-4-9-22(23)34-29-17)24(26(31)32)30-14-12-20(16-30)33-15-3-2-7-19-11-10-18-6-5-13-27-25(18)28-19/h4,8-11,20,24H,2-3,5-7,12-16H2,1H3,(H,27,28)(H,31,32)/t20-,24?/m1/s1. The molecule has 180 valence electrons. The van der Waals surface area contributed by atoms with Gasteiger partial charge in [-0.15, -0.1) is 0 Å². The third kappa shape index (κ3) is 4.79. The summed E-state index contributed by atoms with van der Waals surface area (Å²) in [6.45, 7) is 4.83. The number of carboxylic acid groups (broad SMARTS) is 1. The van der Waals surface area contributed by atoms with Crippen molar-refractivity contribution in [1.29, 1.82) is 0 Å². The van der Waals surface area contributed by atoms with Crippen molar-refractivity contribution in [2.75, 3.05) is 31.6 Å². The van der Waals surface area contributed by atoms with Crippen LogP contribution in [0.5, 0.6) is 0 Å². The number of pyridine rings is 1. The molecule has 8 nitrogen and oxygen atoms in total. The summed E-state index contributed by atoms with van der Waals surface area (Å²) in [5, 5.41) is 18.3. The summed E-state index contributed by atoms with van der Waals surface area (Å²) in [4.78, 5) is 19.0. The smallest absolute Gasteiger partial charge is 0.325 e. The van der Waals surface area contributed by atoms with Gasteiger partial charge >= 0.3 is 5.97 Å². The number of rotatable bonds is 9. The van der Waals surface area contributed by atoms with Crippen LogP contribution in [0.25, 0.3) is 11.0 Å². The Labute approximate surface area is 199 Å². The topological polar surface area (TPSA) is 101 Å². The Kier molecular flexibility index (Phi) is 6.78. The number of hydrogen-bond acceptors (Lipinski definition) is 7. The Morgan fingerprint density at radius 3 is 3.12 bits per heavy atom. The molecule has 0 radical (unpaired) electrons. The van der Waals surface area contributed by atoms with E-state index in [1.807, 2.05) is 30.0 Å². The fourth-order valence-corrected chi connectivity index (χ4v) is 5.18. The van der Waals surface area contributed by atoms with Crippen LogP contribution < -0.4 is 5.32 Å². The van der Waals surface area contributed by atoms with Gasteiger partial charge in [-0.3, -0.25) is 9.69 Å². The van der Waals surface area contributed by atoms with Gasteiger partial charge in [0.05, 0.1) is 11.8 Å². The maximum Gasteiger partial charge on any atom is 0.325 e. The van der Waals surface area contributed by atoms with Crippen LogP contribution in [0.15, 0.2) is 34.9 Å². The number of hydrogen-bond donors (Lipinski definition) is 2. The van der Waals surface area contributed by atoms with Crippen LogP contribution in [0.3, 0.4) is 0 Å². The Balaban J connectivity index is 1.12. The SMILES string of the molecule is Cc1noc2cccc(C(C(=O)O)N3CC[C@@H](OCCCCc4ccc5c(n4)NCCC5)C3)c12. The summed E-state index contributed by atoms with van der Waals surface area (Å²) in [5.74, 6) is 0.192. The van der Waals surface area contributed by atoms with E-state index in [2.05, 4.69) is 22.6 Å². The Hall–Kier alpha value is -2.97. The number of carbonyl (C=O) groups is 1. The third-order valence-corrected chi connectivity index (χ3v) is 6.90. The first kappa shape index (κ1) is 22.8. The highest BCUT2D eigenvalue weighted by molar-refractivity contribution is 5.89. The molecule has 5 rings (SSSR count). The van der Waals surface area contributed by atoms with Gasteiger partial charge in [0.2, 0.25) is 0 Å². The molecule has 3 aromatic rings. The molecule has 0 aliphatic carbocycles. The second-order valence-electron chi connectivity index (χ2n) is 9.30. The molecule has 1 fully saturated rings. The van der Waals surface area contributed by atoms with Crippen LogP contribution in [-0.2, 0) is 22.4 Å². The highest BCUT2D eigenvalue weighted by Crippen LogP contribution is 2.33. The van der Waals surface area contributed by atoms with E-state index in [1.54, 1.807) is 0 Å². The fourth-order valence-electron chi connectivity index (χ4n) is 5.18. The number of nitrogens with one attached hydrogen (secondary N) is 1. The van der Waals surface area contributed by atoms with Crippen molar-refractivity contribution in [3.05, 3.63) is 52.8 Å². The van der Waals surface area contributed by atoms with Crippen LogP contribution in [-0.4, -0.2) is 58.5 Å². The average Bonchev–Trinajstić information content (AvgIpc) is 3.46. The Morgan fingerprint density at radius 1 is 1.32 bits per heavy atom. The number of aryl methyl sites for hydroxylation is 3. The highest BCUT2D eigenvalue weighted by atomic mass is 16.5. The summed E-state index contributed by atoms with van der Waals surface area (Å²) < 4.78 is 11.5. The van der Waals surface area contributed by atoms with Crippen LogP contribution in [0, 0.1) is 6.92 Å². The summed E-state index contributed by atoms with van der Waals surface area (Å²) in [6.07, 6.45) is 6.10. The number of fused-ring (bicyclic) bond motifs is 2. The largest absolute Gasteiger partial charge is 0.480 e. The van der Waals surface area contributed by atoms with Crippen LogP contribution >= 0.6 is 0 Å². The van der Waals surface area contributed by atoms with E-state index in [-0.39, 0.29) is 6.10 Å². The zero-order valence-corrected chi connectivity index (χ0v) is 19.6. The van der Waals surface area contributed by atoms with Crippen molar-refractivity contribution in [1.82, 2.24) is 15.0 Å². The highest BCUT2D eigenvalue weighted by Gasteiger charge is 2.35. The molecular weight excluding hydrogens is 432 g/mol. The molecule has 1 aromatic carbocycles. The van der Waals surface area contributed by atoms with Crippen molar-refractivity contribution in [2.24, 2.45) is 0 Å². The van der Waals surface area contributed by atoms with Crippen molar-refractivity contribution >= 4 is 22.8 Å². The van der Waals surface area contributed by atoms with Gasteiger partial charge in [0.1, 0.15) is 11.9 Å². The van der Waals surface area contributed by atoms with Crippen molar-refractivity contribution in [3.63, 3.8) is 0 Å². The van der Waals surface area contributed by atoms with Crippen molar-refractivity contribution < 1.29 is 19.2 Å². The van der Waals surface area contributed by atoms with Gasteiger partial charge in [-0.1, -0.05) is 23.4 Å². The van der Waals surface area contributed by atoms with Crippen LogP contribution in [0.1, 0.15) is 54.2 Å². The van der Waals surface area contributed by atoms with Gasteiger partial charge in [-0.25, -0.2) is 4.98 Å². The average molecular weight is 465 g/mol. The lowest BCUT2D eigenvalue weighted by atomic mass is 10.00. The second-order valence-corrected chi connectivity index (χ2v) is 9.30. The van der Waals surface area contributed by atoms with Crippen molar-refractivity contribution in [3.8, 4) is 0 Å². The maximum absolute atomic E-state index is 12.3. The summed E-state index contributed by atoms with van der Waals surface area (Å²) in [7, 11) is 0. The van der Waals surface area contributed by atoms with Gasteiger partial charge in [-0.05, 0) is 68.7 Å². The number of unbranched alkanes of at least 4 members (excludes halogenated alkanes) is 1. The first-order chi connectivity index (χ1) is 16.6. The molecule has 2 aromatic heterocycles. The first-order valence-electron chi connectivity index (χ1n) is 12.3. The van der Waals surface area contributed by atoms with Gasteiger partial charge < -0.3 is 19.7 Å². The predicted octanol–water partition coefficient (Wildman–Crippen LogP) is 4.13. The Morgan fingerprint density at radius 2 is 2.24 bits per heavy atom. The van der Waals surface area contributed by atoms with Crippen molar-refractivity contribution in [2.45, 2.75) is 57.6 Å². The van der Waals surface area contributed by atoms with E-state index in [4.69, 9.17) is 14.2 Å². The third-order valence-electron chi connectivity index (χ3n) is 6.90. The molecule has 2 N–H and O–H groups in total. The van der Waals surface area contributed by atoms with E-state index in [1.165, 1.54) is 12.0 Å². The number of nitrogens with zero attached hydrogens (tertiary/aromatic N) is 3. The zero-order chi connectivity index (χ0) is 23.5. The lowest BCUT2D eigenvalue weighted by molar-refractivity contribution is -0.143. The molecule has 2 atom stereocenters. The summed E-state index contributed by atoms with van der Waals surface area (Å²) in [5.41, 5.74) is 4.52. The first-order valence-corrected chi connectivity index (χ1v) is 12.3. The van der Waals surface area contributed by atoms with Crippen LogP contribution in [0.2, 0.25) is 0 Å². The van der Waals surface area contributed by atoms with E-state index in [9.17, 15) is 9.90 Å². The number of anilines is 1. The van der Waals surface area contributed by atoms with E-state index in [0.717, 1.165) is 61.1 Å². The zero-order valence-electron chi connectivity index (χ0n) is 19.6. The molecule has 0 amide bonds. The number of aliphatic carboxylic acids is 1. The van der Waals surface area contributed by atoms with Gasteiger partial charge in [-0.2, -0.15) is 0 Å². The molecule has 34 heavy (non-hydrogen) atoms. The summed E-state index contributed by atoms with van der Waals surface area (Å²) >= 11 is 0. The molecule has 4 heterocycles. The Bertz CT molecular complexity index is 1160. The monoisotopic (exact) mass is 464 g/mol. The molecule has 0 saturated carbocycles. The molecule has 0 bridgehead atoms. The van der Waals surface area contributed by atoms with Crippen LogP contribution in [0.4, 0.5) is 5.82 Å². The fraction of sp³-hybridized carbons (Fsp3) is 0.500. The second kappa shape index (κ2) is 10.1. The molecule has 2 aliphatic rings. The molecule has 1 unspecified atom stereocenters. The van der Waals surface area contributed by atoms with Gasteiger partial charge in [0.15, 0.2) is 5.58 Å². The number of aromatic nitrogens is 2. The lowest BCUT2D eigenvalue weighted by Crippen LogP contribution is -2.33. The molecule has 1 saturated heterocycles. The van der Waals surface area contributed by atoms with E-state index in [0.29, 0.717) is 31.0 Å². The molecule has 0 spiro atoms. The summed E-state index contributed by atoms with van der Waals surface area (Å²) in [6, 6.07) is 9.13. The normalized spacial score (nSPS) is 19.1. The number of benzene rings is 1. The lowest BCUT2D eigenvalue weighted by Gasteiger charge is -2.25. The number of likely N-dealkylation sites (tertiary alicyclic amines) is 1. The quantitative estimate of drug-likeness (QED) is 0.456. The predicted molar refractivity (Wildman–Crippen MR) is 129 cm³/mol. The molecule has 2 aliphatic heterocycles. The maximum atomic E-state index is 12.3. The molecule has 8 heteroatoms. The van der Waals surface area contributed by atoms with E-state index >= 15 is 0 Å². The number of ether oxygens (including phenoxy) is 1. The van der Waals surface area contributed by atoms with Gasteiger partial charge in [0.25, 0.3) is 0 Å². The van der Waals surface area contributed by atoms with E-state index < -0.39 is 12.0 Å².